The highest BCUT2D eigenvalue weighted by Crippen LogP contribution is 2.30. The maximum atomic E-state index is 12.5. The van der Waals surface area contributed by atoms with E-state index in [4.69, 9.17) is 14.6 Å². The summed E-state index contributed by atoms with van der Waals surface area (Å²) in [7, 11) is 0. The van der Waals surface area contributed by atoms with E-state index in [0.717, 1.165) is 30.5 Å². The number of carbonyl (C=O) groups is 3. The lowest BCUT2D eigenvalue weighted by Gasteiger charge is -2.10. The number of alkyl halides is 3. The zero-order valence-electron chi connectivity index (χ0n) is 12.8. The molecule has 1 unspecified atom stereocenters. The second-order valence-electron chi connectivity index (χ2n) is 5.08. The van der Waals surface area contributed by atoms with Crippen molar-refractivity contribution in [2.75, 3.05) is 0 Å². The zero-order valence-corrected chi connectivity index (χ0v) is 12.8. The van der Waals surface area contributed by atoms with Crippen LogP contribution < -0.4 is 5.32 Å². The van der Waals surface area contributed by atoms with E-state index in [1.165, 1.54) is 0 Å². The number of amides is 1. The van der Waals surface area contributed by atoms with Gasteiger partial charge in [0.05, 0.1) is 12.0 Å². The quantitative estimate of drug-likeness (QED) is 0.707. The molecule has 0 saturated heterocycles. The monoisotopic (exact) mass is 372 g/mol. The van der Waals surface area contributed by atoms with Crippen molar-refractivity contribution in [1.82, 2.24) is 10.3 Å². The van der Waals surface area contributed by atoms with Crippen LogP contribution in [0, 0.1) is 0 Å². The number of benzene rings is 1. The first-order valence-corrected chi connectivity index (χ1v) is 6.96. The Balaban J connectivity index is 2.14. The van der Waals surface area contributed by atoms with E-state index in [1.807, 2.05) is 5.32 Å². The molecule has 138 valence electrons. The lowest BCUT2D eigenvalue weighted by atomic mass is 10.1. The Bertz CT molecular complexity index is 829. The standard InChI is InChI=1S/C15H11F3N2O6/c16-15(17,18)8-3-1-7(2-4-8)13-20-10(6-26-13)12(23)19-9(14(24)25)5-11(21)22/h1-4,6,9H,5H2,(H,19,23)(H,21,22)(H,24,25). The van der Waals surface area contributed by atoms with Gasteiger partial charge in [-0.05, 0) is 24.3 Å². The van der Waals surface area contributed by atoms with E-state index in [0.29, 0.717) is 0 Å². The number of hydrogen-bond acceptors (Lipinski definition) is 5. The van der Waals surface area contributed by atoms with Gasteiger partial charge in [0.15, 0.2) is 5.69 Å². The summed E-state index contributed by atoms with van der Waals surface area (Å²) in [6.07, 6.45) is -4.47. The molecule has 0 aliphatic heterocycles. The van der Waals surface area contributed by atoms with Crippen LogP contribution in [-0.4, -0.2) is 39.1 Å². The number of aliphatic carboxylic acids is 2. The number of oxazole rings is 1. The molecule has 0 aliphatic carbocycles. The number of hydrogen-bond donors (Lipinski definition) is 3. The Kier molecular flexibility index (Phi) is 5.29. The van der Waals surface area contributed by atoms with Crippen molar-refractivity contribution in [3.8, 4) is 11.5 Å². The molecular formula is C15H11F3N2O6. The predicted octanol–water partition coefficient (Wildman–Crippen LogP) is 2.02. The fourth-order valence-corrected chi connectivity index (χ4v) is 1.92. The molecule has 0 spiro atoms. The summed E-state index contributed by atoms with van der Waals surface area (Å²) in [5.41, 5.74) is -1.06. The highest BCUT2D eigenvalue weighted by molar-refractivity contribution is 5.96. The van der Waals surface area contributed by atoms with Crippen LogP contribution in [0.5, 0.6) is 0 Å². The molecule has 0 saturated carbocycles. The number of nitrogens with zero attached hydrogens (tertiary/aromatic N) is 1. The first kappa shape index (κ1) is 19.0. The zero-order chi connectivity index (χ0) is 19.5. The van der Waals surface area contributed by atoms with Crippen LogP contribution in [0.1, 0.15) is 22.5 Å². The number of carbonyl (C=O) groups excluding carboxylic acids is 1. The molecule has 1 heterocycles. The smallest absolute Gasteiger partial charge is 0.416 e. The van der Waals surface area contributed by atoms with Crippen molar-refractivity contribution in [3.63, 3.8) is 0 Å². The van der Waals surface area contributed by atoms with Gasteiger partial charge >= 0.3 is 18.1 Å². The van der Waals surface area contributed by atoms with Gasteiger partial charge < -0.3 is 19.9 Å². The van der Waals surface area contributed by atoms with Crippen molar-refractivity contribution in [3.05, 3.63) is 41.8 Å². The van der Waals surface area contributed by atoms with Gasteiger partial charge in [0.25, 0.3) is 5.91 Å². The van der Waals surface area contributed by atoms with Gasteiger partial charge in [-0.1, -0.05) is 0 Å². The van der Waals surface area contributed by atoms with Crippen LogP contribution in [0.25, 0.3) is 11.5 Å². The number of nitrogens with one attached hydrogen (secondary N) is 1. The minimum atomic E-state index is -4.50. The Labute approximate surface area is 143 Å². The van der Waals surface area contributed by atoms with Gasteiger partial charge in [-0.25, -0.2) is 9.78 Å². The molecule has 1 amide bonds. The lowest BCUT2D eigenvalue weighted by Crippen LogP contribution is -2.42. The highest BCUT2D eigenvalue weighted by atomic mass is 19.4. The Morgan fingerprint density at radius 3 is 2.27 bits per heavy atom. The fraction of sp³-hybridized carbons (Fsp3) is 0.200. The Morgan fingerprint density at radius 2 is 1.77 bits per heavy atom. The van der Waals surface area contributed by atoms with E-state index in [9.17, 15) is 27.6 Å². The van der Waals surface area contributed by atoms with Gasteiger partial charge in [-0.15, -0.1) is 0 Å². The van der Waals surface area contributed by atoms with Gasteiger partial charge in [-0.2, -0.15) is 13.2 Å². The summed E-state index contributed by atoms with van der Waals surface area (Å²) >= 11 is 0. The second kappa shape index (κ2) is 7.25. The molecular weight excluding hydrogens is 361 g/mol. The number of rotatable bonds is 6. The van der Waals surface area contributed by atoms with E-state index >= 15 is 0 Å². The summed E-state index contributed by atoms with van der Waals surface area (Å²) in [6, 6.07) is 2.15. The van der Waals surface area contributed by atoms with Crippen LogP contribution >= 0.6 is 0 Å². The molecule has 0 radical (unpaired) electrons. The minimum absolute atomic E-state index is 0.158. The fourth-order valence-electron chi connectivity index (χ4n) is 1.92. The number of carboxylic acids is 2. The molecule has 11 heteroatoms. The van der Waals surface area contributed by atoms with Crippen molar-refractivity contribution in [1.29, 1.82) is 0 Å². The van der Waals surface area contributed by atoms with Gasteiger partial charge in [0, 0.05) is 5.56 Å². The van der Waals surface area contributed by atoms with Crippen molar-refractivity contribution < 1.29 is 42.2 Å². The van der Waals surface area contributed by atoms with Crippen molar-refractivity contribution in [2.24, 2.45) is 0 Å². The first-order chi connectivity index (χ1) is 12.1. The SMILES string of the molecule is O=C(O)CC(NC(=O)c1coc(-c2ccc(C(F)(F)F)cc2)n1)C(=O)O. The third-order valence-corrected chi connectivity index (χ3v) is 3.18. The van der Waals surface area contributed by atoms with E-state index in [-0.39, 0.29) is 17.1 Å². The van der Waals surface area contributed by atoms with E-state index < -0.39 is 42.0 Å². The highest BCUT2D eigenvalue weighted by Gasteiger charge is 2.30. The summed E-state index contributed by atoms with van der Waals surface area (Å²) in [6.45, 7) is 0. The van der Waals surface area contributed by atoms with Crippen LogP contribution in [0.2, 0.25) is 0 Å². The lowest BCUT2D eigenvalue weighted by molar-refractivity contribution is -0.145. The molecule has 2 aromatic rings. The maximum Gasteiger partial charge on any atom is 0.416 e. The largest absolute Gasteiger partial charge is 0.481 e. The maximum absolute atomic E-state index is 12.5. The molecule has 3 N–H and O–H groups in total. The average molecular weight is 372 g/mol. The third-order valence-electron chi connectivity index (χ3n) is 3.18. The summed E-state index contributed by atoms with van der Waals surface area (Å²) < 4.78 is 42.6. The molecule has 8 nitrogen and oxygen atoms in total. The number of aromatic nitrogens is 1. The molecule has 2 rings (SSSR count). The third kappa shape index (κ3) is 4.59. The Morgan fingerprint density at radius 1 is 1.15 bits per heavy atom. The summed E-state index contributed by atoms with van der Waals surface area (Å²) in [4.78, 5) is 37.2. The second-order valence-corrected chi connectivity index (χ2v) is 5.08. The average Bonchev–Trinajstić information content (AvgIpc) is 3.03. The molecule has 0 aliphatic rings. The van der Waals surface area contributed by atoms with Gasteiger partial charge in [-0.3, -0.25) is 9.59 Å². The molecule has 0 fully saturated rings. The van der Waals surface area contributed by atoms with E-state index in [2.05, 4.69) is 4.98 Å². The van der Waals surface area contributed by atoms with Crippen LogP contribution in [0.3, 0.4) is 0 Å². The van der Waals surface area contributed by atoms with Crippen LogP contribution in [0.15, 0.2) is 34.9 Å². The summed E-state index contributed by atoms with van der Waals surface area (Å²) in [5, 5.41) is 19.5. The predicted molar refractivity (Wildman–Crippen MR) is 78.1 cm³/mol. The molecule has 1 atom stereocenters. The first-order valence-electron chi connectivity index (χ1n) is 6.96. The summed E-state index contributed by atoms with van der Waals surface area (Å²) in [5.74, 6) is -4.13. The Hall–Kier alpha value is -3.37. The van der Waals surface area contributed by atoms with E-state index in [1.54, 1.807) is 0 Å². The van der Waals surface area contributed by atoms with Gasteiger partial charge in [0.1, 0.15) is 12.3 Å². The van der Waals surface area contributed by atoms with Gasteiger partial charge in [0.2, 0.25) is 5.89 Å². The minimum Gasteiger partial charge on any atom is -0.481 e. The molecule has 1 aromatic heterocycles. The van der Waals surface area contributed by atoms with Crippen molar-refractivity contribution >= 4 is 17.8 Å². The molecule has 0 bridgehead atoms. The number of carboxylic acid groups (broad SMARTS) is 2. The normalized spacial score (nSPS) is 12.4. The van der Waals surface area contributed by atoms with Crippen LogP contribution in [0.4, 0.5) is 13.2 Å². The molecule has 26 heavy (non-hydrogen) atoms. The molecule has 1 aromatic carbocycles. The van der Waals surface area contributed by atoms with Crippen molar-refractivity contribution in [2.45, 2.75) is 18.6 Å². The number of halogens is 3. The van der Waals surface area contributed by atoms with Crippen LogP contribution in [-0.2, 0) is 15.8 Å². The topological polar surface area (TPSA) is 130 Å².